The summed E-state index contributed by atoms with van der Waals surface area (Å²) in [4.78, 5) is 42.3. The SMILES string of the molecule is O=NC(=O)c1cc(C(=O)O)ccc1C(=O)O. The summed E-state index contributed by atoms with van der Waals surface area (Å²) in [6.07, 6.45) is 0. The Labute approximate surface area is 88.3 Å². The molecule has 0 aliphatic heterocycles. The molecule has 0 unspecified atom stereocenters. The van der Waals surface area contributed by atoms with Crippen molar-refractivity contribution in [1.82, 2.24) is 0 Å². The molecule has 0 aliphatic rings. The van der Waals surface area contributed by atoms with Gasteiger partial charge < -0.3 is 10.2 Å². The Bertz CT molecular complexity index is 493. The number of nitroso groups, excluding NO2 is 1. The molecule has 0 spiro atoms. The molecule has 2 N–H and O–H groups in total. The predicted octanol–water partition coefficient (Wildman–Crippen LogP) is 0.990. The molecule has 0 saturated carbocycles. The third-order valence-electron chi connectivity index (χ3n) is 1.81. The summed E-state index contributed by atoms with van der Waals surface area (Å²) in [5, 5.41) is 19.4. The number of nitrogens with zero attached hydrogens (tertiary/aromatic N) is 1. The molecule has 1 rings (SSSR count). The van der Waals surface area contributed by atoms with Gasteiger partial charge in [-0.25, -0.2) is 9.59 Å². The number of hydrogen-bond acceptors (Lipinski definition) is 4. The van der Waals surface area contributed by atoms with Crippen molar-refractivity contribution in [1.29, 1.82) is 0 Å². The van der Waals surface area contributed by atoms with Crippen molar-refractivity contribution in [3.05, 3.63) is 39.8 Å². The first kappa shape index (κ1) is 11.5. The Morgan fingerprint density at radius 3 is 2.06 bits per heavy atom. The number of benzene rings is 1. The maximum Gasteiger partial charge on any atom is 0.336 e. The average Bonchev–Trinajstić information content (AvgIpc) is 2.26. The van der Waals surface area contributed by atoms with Gasteiger partial charge in [0.25, 0.3) is 0 Å². The average molecular weight is 223 g/mol. The zero-order valence-corrected chi connectivity index (χ0v) is 7.71. The van der Waals surface area contributed by atoms with E-state index in [0.717, 1.165) is 18.2 Å². The smallest absolute Gasteiger partial charge is 0.336 e. The molecule has 1 aromatic carbocycles. The standard InChI is InChI=1S/C9H5NO6/c11-7(10-16)6-3-4(8(12)13)1-2-5(6)9(14)15/h1-3H,(H,12,13)(H,14,15). The van der Waals surface area contributed by atoms with Gasteiger partial charge in [0.15, 0.2) is 0 Å². The summed E-state index contributed by atoms with van der Waals surface area (Å²) in [7, 11) is 0. The number of carbonyl (C=O) groups is 3. The van der Waals surface area contributed by atoms with Gasteiger partial charge in [-0.2, -0.15) is 0 Å². The van der Waals surface area contributed by atoms with Crippen molar-refractivity contribution in [3.8, 4) is 0 Å². The zero-order chi connectivity index (χ0) is 12.3. The van der Waals surface area contributed by atoms with Gasteiger partial charge in [-0.05, 0) is 18.2 Å². The molecule has 7 nitrogen and oxygen atoms in total. The van der Waals surface area contributed by atoms with Gasteiger partial charge in [0.2, 0.25) is 0 Å². The van der Waals surface area contributed by atoms with Crippen molar-refractivity contribution in [2.75, 3.05) is 0 Å². The number of aromatic carboxylic acids is 2. The van der Waals surface area contributed by atoms with Crippen molar-refractivity contribution >= 4 is 17.8 Å². The maximum atomic E-state index is 11.0. The van der Waals surface area contributed by atoms with Gasteiger partial charge in [0.05, 0.1) is 16.7 Å². The molecule has 0 fully saturated rings. The number of carbonyl (C=O) groups excluding carboxylic acids is 1. The van der Waals surface area contributed by atoms with Gasteiger partial charge in [-0.15, -0.1) is 4.91 Å². The Kier molecular flexibility index (Phi) is 3.09. The van der Waals surface area contributed by atoms with E-state index in [2.05, 4.69) is 5.18 Å². The summed E-state index contributed by atoms with van der Waals surface area (Å²) < 4.78 is 0. The molecule has 1 aromatic rings. The molecule has 1 amide bonds. The number of carboxylic acid groups (broad SMARTS) is 2. The van der Waals surface area contributed by atoms with Crippen molar-refractivity contribution in [2.24, 2.45) is 5.18 Å². The van der Waals surface area contributed by atoms with Crippen molar-refractivity contribution in [2.45, 2.75) is 0 Å². The number of rotatable bonds is 3. The molecular formula is C9H5NO6. The van der Waals surface area contributed by atoms with Crippen LogP contribution in [-0.2, 0) is 0 Å². The molecule has 7 heteroatoms. The molecule has 0 saturated heterocycles. The normalized spacial score (nSPS) is 9.50. The molecule has 0 radical (unpaired) electrons. The highest BCUT2D eigenvalue weighted by Crippen LogP contribution is 2.14. The zero-order valence-electron chi connectivity index (χ0n) is 7.71. The van der Waals surface area contributed by atoms with Gasteiger partial charge in [-0.3, -0.25) is 4.79 Å². The van der Waals surface area contributed by atoms with E-state index in [9.17, 15) is 19.3 Å². The Morgan fingerprint density at radius 1 is 1.00 bits per heavy atom. The summed E-state index contributed by atoms with van der Waals surface area (Å²) in [5.41, 5.74) is -1.30. The predicted molar refractivity (Wildman–Crippen MR) is 50.5 cm³/mol. The number of amides is 1. The minimum Gasteiger partial charge on any atom is -0.478 e. The van der Waals surface area contributed by atoms with Gasteiger partial charge in [0.1, 0.15) is 0 Å². The van der Waals surface area contributed by atoms with Crippen LogP contribution in [0, 0.1) is 4.91 Å². The Hall–Kier alpha value is -2.57. The van der Waals surface area contributed by atoms with Crippen LogP contribution >= 0.6 is 0 Å². The second kappa shape index (κ2) is 4.30. The highest BCUT2D eigenvalue weighted by atomic mass is 16.4. The van der Waals surface area contributed by atoms with Crippen LogP contribution in [-0.4, -0.2) is 28.1 Å². The van der Waals surface area contributed by atoms with Crippen molar-refractivity contribution < 1.29 is 24.6 Å². The van der Waals surface area contributed by atoms with Crippen LogP contribution in [0.5, 0.6) is 0 Å². The quantitative estimate of drug-likeness (QED) is 0.737. The fraction of sp³-hybridized carbons (Fsp3) is 0. The van der Waals surface area contributed by atoms with Gasteiger partial charge in [-0.1, -0.05) is 0 Å². The molecular weight excluding hydrogens is 218 g/mol. The van der Waals surface area contributed by atoms with Crippen LogP contribution < -0.4 is 0 Å². The lowest BCUT2D eigenvalue weighted by Crippen LogP contribution is -2.09. The van der Waals surface area contributed by atoms with E-state index < -0.39 is 29.0 Å². The summed E-state index contributed by atoms with van der Waals surface area (Å²) in [6.45, 7) is 0. The van der Waals surface area contributed by atoms with Crippen LogP contribution in [0.2, 0.25) is 0 Å². The largest absolute Gasteiger partial charge is 0.478 e. The first-order chi connectivity index (χ1) is 7.47. The van der Waals surface area contributed by atoms with Crippen LogP contribution in [0.25, 0.3) is 0 Å². The third-order valence-corrected chi connectivity index (χ3v) is 1.81. The van der Waals surface area contributed by atoms with E-state index in [1.165, 1.54) is 0 Å². The van der Waals surface area contributed by atoms with Crippen LogP contribution in [0.15, 0.2) is 23.4 Å². The lowest BCUT2D eigenvalue weighted by Gasteiger charge is -2.01. The molecule has 0 aromatic heterocycles. The maximum absolute atomic E-state index is 11.0. The van der Waals surface area contributed by atoms with Crippen molar-refractivity contribution in [3.63, 3.8) is 0 Å². The summed E-state index contributed by atoms with van der Waals surface area (Å²) in [6, 6.07) is 2.76. The topological polar surface area (TPSA) is 121 Å². The minimum absolute atomic E-state index is 0.294. The molecule has 0 aliphatic carbocycles. The molecule has 16 heavy (non-hydrogen) atoms. The fourth-order valence-electron chi connectivity index (χ4n) is 1.09. The summed E-state index contributed by atoms with van der Waals surface area (Å²) >= 11 is 0. The van der Waals surface area contributed by atoms with Crippen LogP contribution in [0.3, 0.4) is 0 Å². The fourth-order valence-corrected chi connectivity index (χ4v) is 1.09. The lowest BCUT2D eigenvalue weighted by atomic mass is 10.0. The van der Waals surface area contributed by atoms with Crippen LogP contribution in [0.1, 0.15) is 31.1 Å². The lowest BCUT2D eigenvalue weighted by molar-refractivity contribution is 0.0679. The summed E-state index contributed by atoms with van der Waals surface area (Å²) in [5.74, 6) is -4.10. The Balaban J connectivity index is 3.43. The van der Waals surface area contributed by atoms with Gasteiger partial charge in [0, 0.05) is 5.18 Å². The number of carboxylic acids is 2. The number of hydrogen-bond donors (Lipinski definition) is 2. The highest BCUT2D eigenvalue weighted by molar-refractivity contribution is 6.06. The molecule has 0 atom stereocenters. The first-order valence-corrected chi connectivity index (χ1v) is 3.95. The molecule has 82 valence electrons. The van der Waals surface area contributed by atoms with E-state index in [4.69, 9.17) is 10.2 Å². The van der Waals surface area contributed by atoms with E-state index in [1.807, 2.05) is 0 Å². The molecule has 0 heterocycles. The minimum atomic E-state index is -1.44. The van der Waals surface area contributed by atoms with E-state index in [-0.39, 0.29) is 5.56 Å². The second-order valence-electron chi connectivity index (χ2n) is 2.77. The monoisotopic (exact) mass is 223 g/mol. The van der Waals surface area contributed by atoms with E-state index in [1.54, 1.807) is 0 Å². The van der Waals surface area contributed by atoms with E-state index >= 15 is 0 Å². The highest BCUT2D eigenvalue weighted by Gasteiger charge is 2.19. The first-order valence-electron chi connectivity index (χ1n) is 3.95. The molecule has 0 bridgehead atoms. The van der Waals surface area contributed by atoms with Gasteiger partial charge >= 0.3 is 17.8 Å². The third kappa shape index (κ3) is 2.08. The second-order valence-corrected chi connectivity index (χ2v) is 2.77. The van der Waals surface area contributed by atoms with E-state index in [0.29, 0.717) is 0 Å². The Morgan fingerprint density at radius 2 is 1.62 bits per heavy atom. The van der Waals surface area contributed by atoms with Crippen LogP contribution in [0.4, 0.5) is 0 Å².